The van der Waals surface area contributed by atoms with E-state index in [1.807, 2.05) is 6.92 Å². The van der Waals surface area contributed by atoms with E-state index in [9.17, 15) is 9.59 Å². The SMILES string of the molecule is CCCC(C)(N)C(=O)NCCC(=O)NC1CCCCC1.Cl. The molecule has 5 nitrogen and oxygen atoms in total. The van der Waals surface area contributed by atoms with Gasteiger partial charge in [0.25, 0.3) is 0 Å². The van der Waals surface area contributed by atoms with E-state index in [4.69, 9.17) is 5.73 Å². The molecule has 0 saturated heterocycles. The van der Waals surface area contributed by atoms with E-state index in [1.165, 1.54) is 19.3 Å². The highest BCUT2D eigenvalue weighted by molar-refractivity contribution is 5.86. The van der Waals surface area contributed by atoms with Gasteiger partial charge in [-0.05, 0) is 26.2 Å². The number of carbonyl (C=O) groups is 2. The number of amides is 2. The Balaban J connectivity index is 0.00000400. The number of rotatable bonds is 7. The van der Waals surface area contributed by atoms with Crippen LogP contribution in [0.1, 0.15) is 65.2 Å². The Morgan fingerprint density at radius 1 is 1.24 bits per heavy atom. The van der Waals surface area contributed by atoms with Crippen molar-refractivity contribution in [1.29, 1.82) is 0 Å². The van der Waals surface area contributed by atoms with Gasteiger partial charge < -0.3 is 16.4 Å². The molecule has 0 aromatic rings. The molecule has 0 radical (unpaired) electrons. The number of hydrogen-bond donors (Lipinski definition) is 3. The molecule has 1 atom stereocenters. The smallest absolute Gasteiger partial charge is 0.239 e. The van der Waals surface area contributed by atoms with E-state index in [1.54, 1.807) is 6.92 Å². The third-order valence-electron chi connectivity index (χ3n) is 3.90. The van der Waals surface area contributed by atoms with Crippen molar-refractivity contribution in [3.63, 3.8) is 0 Å². The molecule has 1 saturated carbocycles. The molecule has 2 amide bonds. The molecule has 0 spiro atoms. The molecule has 124 valence electrons. The van der Waals surface area contributed by atoms with Gasteiger partial charge in [0.05, 0.1) is 5.54 Å². The zero-order valence-corrected chi connectivity index (χ0v) is 14.1. The maximum Gasteiger partial charge on any atom is 0.239 e. The summed E-state index contributed by atoms with van der Waals surface area (Å²) >= 11 is 0. The van der Waals surface area contributed by atoms with Crippen LogP contribution in [0.3, 0.4) is 0 Å². The fourth-order valence-corrected chi connectivity index (χ4v) is 2.67. The van der Waals surface area contributed by atoms with Crippen molar-refractivity contribution >= 4 is 24.2 Å². The maximum absolute atomic E-state index is 11.9. The zero-order chi connectivity index (χ0) is 15.0. The van der Waals surface area contributed by atoms with Crippen molar-refractivity contribution < 1.29 is 9.59 Å². The Morgan fingerprint density at radius 2 is 1.86 bits per heavy atom. The van der Waals surface area contributed by atoms with Crippen LogP contribution in [0.4, 0.5) is 0 Å². The van der Waals surface area contributed by atoms with Crippen LogP contribution in [0, 0.1) is 0 Å². The van der Waals surface area contributed by atoms with Gasteiger partial charge in [-0.15, -0.1) is 12.4 Å². The molecule has 1 fully saturated rings. The maximum atomic E-state index is 11.9. The first-order valence-corrected chi connectivity index (χ1v) is 7.82. The summed E-state index contributed by atoms with van der Waals surface area (Å²) in [6.45, 7) is 4.08. The highest BCUT2D eigenvalue weighted by Crippen LogP contribution is 2.17. The lowest BCUT2D eigenvalue weighted by Crippen LogP contribution is -2.52. The Bertz CT molecular complexity index is 329. The molecule has 0 aliphatic heterocycles. The first-order chi connectivity index (χ1) is 9.45. The number of nitrogens with one attached hydrogen (secondary N) is 2. The summed E-state index contributed by atoms with van der Waals surface area (Å²) in [5.74, 6) is -0.156. The van der Waals surface area contributed by atoms with E-state index in [2.05, 4.69) is 10.6 Å². The minimum atomic E-state index is -0.839. The van der Waals surface area contributed by atoms with Crippen LogP contribution in [-0.4, -0.2) is 29.9 Å². The highest BCUT2D eigenvalue weighted by Gasteiger charge is 2.26. The van der Waals surface area contributed by atoms with Gasteiger partial charge in [-0.3, -0.25) is 9.59 Å². The zero-order valence-electron chi connectivity index (χ0n) is 13.2. The predicted octanol–water partition coefficient (Wildman–Crippen LogP) is 1.88. The van der Waals surface area contributed by atoms with Gasteiger partial charge in [0.15, 0.2) is 0 Å². The summed E-state index contributed by atoms with van der Waals surface area (Å²) in [4.78, 5) is 23.6. The van der Waals surface area contributed by atoms with E-state index in [-0.39, 0.29) is 24.2 Å². The van der Waals surface area contributed by atoms with Gasteiger partial charge in [0, 0.05) is 19.0 Å². The number of hydrogen-bond acceptors (Lipinski definition) is 3. The quantitative estimate of drug-likeness (QED) is 0.670. The third-order valence-corrected chi connectivity index (χ3v) is 3.90. The lowest BCUT2D eigenvalue weighted by atomic mass is 9.95. The molecule has 1 rings (SSSR count). The second-order valence-electron chi connectivity index (χ2n) is 6.08. The lowest BCUT2D eigenvalue weighted by molar-refractivity contribution is -0.126. The molecule has 1 aliphatic carbocycles. The predicted molar refractivity (Wildman–Crippen MR) is 87.4 cm³/mol. The summed E-state index contributed by atoms with van der Waals surface area (Å²) in [5.41, 5.74) is 5.09. The summed E-state index contributed by atoms with van der Waals surface area (Å²) < 4.78 is 0. The van der Waals surface area contributed by atoms with Crippen LogP contribution in [0.5, 0.6) is 0 Å². The summed E-state index contributed by atoms with van der Waals surface area (Å²) in [7, 11) is 0. The van der Waals surface area contributed by atoms with Crippen molar-refractivity contribution in [2.75, 3.05) is 6.54 Å². The fraction of sp³-hybridized carbons (Fsp3) is 0.867. The number of halogens is 1. The van der Waals surface area contributed by atoms with Crippen molar-refractivity contribution in [3.8, 4) is 0 Å². The summed E-state index contributed by atoms with van der Waals surface area (Å²) in [6.07, 6.45) is 7.66. The van der Waals surface area contributed by atoms with Crippen molar-refractivity contribution in [3.05, 3.63) is 0 Å². The van der Waals surface area contributed by atoms with Crippen LogP contribution in [0.15, 0.2) is 0 Å². The van der Waals surface area contributed by atoms with Crippen LogP contribution in [-0.2, 0) is 9.59 Å². The molecule has 0 aromatic heterocycles. The largest absolute Gasteiger partial charge is 0.354 e. The minimum Gasteiger partial charge on any atom is -0.354 e. The van der Waals surface area contributed by atoms with Gasteiger partial charge in [-0.1, -0.05) is 32.6 Å². The topological polar surface area (TPSA) is 84.2 Å². The first-order valence-electron chi connectivity index (χ1n) is 7.82. The van der Waals surface area contributed by atoms with Crippen molar-refractivity contribution in [2.45, 2.75) is 76.8 Å². The van der Waals surface area contributed by atoms with Crippen molar-refractivity contribution in [2.24, 2.45) is 5.73 Å². The van der Waals surface area contributed by atoms with Crippen LogP contribution < -0.4 is 16.4 Å². The summed E-state index contributed by atoms with van der Waals surface area (Å²) in [6, 6.07) is 0.326. The second kappa shape index (κ2) is 10.0. The van der Waals surface area contributed by atoms with E-state index in [0.717, 1.165) is 19.3 Å². The molecular formula is C15H30ClN3O2. The standard InChI is InChI=1S/C15H29N3O2.ClH/c1-3-10-15(2,16)14(20)17-11-9-13(19)18-12-7-5-4-6-8-12;/h12H,3-11,16H2,1-2H3,(H,17,20)(H,18,19);1H. The van der Waals surface area contributed by atoms with Crippen LogP contribution in [0.2, 0.25) is 0 Å². The normalized spacial score (nSPS) is 18.2. The molecule has 1 unspecified atom stereocenters. The lowest BCUT2D eigenvalue weighted by Gasteiger charge is -2.24. The molecule has 21 heavy (non-hydrogen) atoms. The van der Waals surface area contributed by atoms with E-state index < -0.39 is 5.54 Å². The number of carbonyl (C=O) groups excluding carboxylic acids is 2. The van der Waals surface area contributed by atoms with Crippen LogP contribution >= 0.6 is 12.4 Å². The Kier molecular flexibility index (Phi) is 9.62. The van der Waals surface area contributed by atoms with E-state index >= 15 is 0 Å². The first kappa shape index (κ1) is 20.2. The van der Waals surface area contributed by atoms with Gasteiger partial charge in [0.2, 0.25) is 11.8 Å². The Labute approximate surface area is 134 Å². The third kappa shape index (κ3) is 7.67. The van der Waals surface area contributed by atoms with Crippen molar-refractivity contribution in [1.82, 2.24) is 10.6 Å². The highest BCUT2D eigenvalue weighted by atomic mass is 35.5. The fourth-order valence-electron chi connectivity index (χ4n) is 2.67. The van der Waals surface area contributed by atoms with Crippen LogP contribution in [0.25, 0.3) is 0 Å². The molecule has 6 heteroatoms. The molecule has 1 aliphatic rings. The molecule has 0 bridgehead atoms. The minimum absolute atomic E-state index is 0. The monoisotopic (exact) mass is 319 g/mol. The van der Waals surface area contributed by atoms with Gasteiger partial charge in [-0.25, -0.2) is 0 Å². The average molecular weight is 320 g/mol. The van der Waals surface area contributed by atoms with Gasteiger partial charge in [-0.2, -0.15) is 0 Å². The van der Waals surface area contributed by atoms with Gasteiger partial charge in [0.1, 0.15) is 0 Å². The molecule has 0 heterocycles. The Morgan fingerprint density at radius 3 is 2.43 bits per heavy atom. The molecule has 0 aromatic carbocycles. The molecule has 4 N–H and O–H groups in total. The molecular weight excluding hydrogens is 290 g/mol. The van der Waals surface area contributed by atoms with E-state index in [0.29, 0.717) is 25.4 Å². The average Bonchev–Trinajstić information content (AvgIpc) is 2.39. The Hall–Kier alpha value is -0.810. The summed E-state index contributed by atoms with van der Waals surface area (Å²) in [5, 5.41) is 5.79. The number of nitrogens with two attached hydrogens (primary N) is 1. The second-order valence-corrected chi connectivity index (χ2v) is 6.08. The van der Waals surface area contributed by atoms with Gasteiger partial charge >= 0.3 is 0 Å².